The van der Waals surface area contributed by atoms with Crippen molar-refractivity contribution in [3.63, 3.8) is 0 Å². The Hall–Kier alpha value is -1.63. The minimum Gasteiger partial charge on any atom is -0.207 e. The van der Waals surface area contributed by atoms with Crippen molar-refractivity contribution in [3.8, 4) is 11.1 Å². The van der Waals surface area contributed by atoms with E-state index in [9.17, 15) is 4.39 Å². The van der Waals surface area contributed by atoms with Crippen molar-refractivity contribution in [2.75, 3.05) is 0 Å². The summed E-state index contributed by atoms with van der Waals surface area (Å²) in [6.07, 6.45) is 0.936. The van der Waals surface area contributed by atoms with Gasteiger partial charge in [0.25, 0.3) is 0 Å². The molecular formula is C13H9F. The summed E-state index contributed by atoms with van der Waals surface area (Å²) in [4.78, 5) is 0. The van der Waals surface area contributed by atoms with Gasteiger partial charge in [-0.05, 0) is 40.8 Å². The third-order valence-electron chi connectivity index (χ3n) is 2.76. The highest BCUT2D eigenvalue weighted by Gasteiger charge is 2.17. The van der Waals surface area contributed by atoms with E-state index in [1.54, 1.807) is 6.07 Å². The molecule has 0 atom stereocenters. The maximum atomic E-state index is 13.1. The lowest BCUT2D eigenvalue weighted by atomic mass is 10.1. The third-order valence-corrected chi connectivity index (χ3v) is 2.76. The van der Waals surface area contributed by atoms with Crippen LogP contribution in [0.15, 0.2) is 42.5 Å². The molecule has 0 spiro atoms. The summed E-state index contributed by atoms with van der Waals surface area (Å²) < 4.78 is 13.1. The van der Waals surface area contributed by atoms with E-state index >= 15 is 0 Å². The first-order chi connectivity index (χ1) is 6.84. The van der Waals surface area contributed by atoms with Crippen LogP contribution in [0.4, 0.5) is 4.39 Å². The summed E-state index contributed by atoms with van der Waals surface area (Å²) in [6.45, 7) is 0. The van der Waals surface area contributed by atoms with E-state index in [2.05, 4.69) is 12.1 Å². The van der Waals surface area contributed by atoms with E-state index in [0.717, 1.165) is 12.0 Å². The van der Waals surface area contributed by atoms with Crippen molar-refractivity contribution >= 4 is 0 Å². The molecule has 0 radical (unpaired) electrons. The molecule has 0 saturated heterocycles. The van der Waals surface area contributed by atoms with Crippen LogP contribution in [0, 0.1) is 5.82 Å². The molecule has 3 rings (SSSR count). The van der Waals surface area contributed by atoms with E-state index in [4.69, 9.17) is 0 Å². The molecule has 2 aromatic rings. The van der Waals surface area contributed by atoms with Gasteiger partial charge in [0.15, 0.2) is 0 Å². The fraction of sp³-hybridized carbons (Fsp3) is 0.0769. The number of hydrogen-bond donors (Lipinski definition) is 0. The first-order valence-electron chi connectivity index (χ1n) is 4.71. The fourth-order valence-corrected chi connectivity index (χ4v) is 2.10. The molecule has 1 heteroatoms. The highest BCUT2D eigenvalue weighted by Crippen LogP contribution is 2.36. The molecule has 0 nitrogen and oxygen atoms in total. The third kappa shape index (κ3) is 0.987. The van der Waals surface area contributed by atoms with E-state index in [0.29, 0.717) is 0 Å². The second kappa shape index (κ2) is 2.68. The Morgan fingerprint density at radius 2 is 1.64 bits per heavy atom. The van der Waals surface area contributed by atoms with Crippen molar-refractivity contribution in [2.45, 2.75) is 6.42 Å². The zero-order valence-electron chi connectivity index (χ0n) is 7.63. The Balaban J connectivity index is 2.30. The number of benzene rings is 2. The van der Waals surface area contributed by atoms with Gasteiger partial charge in [0.1, 0.15) is 5.82 Å². The van der Waals surface area contributed by atoms with Gasteiger partial charge in [-0.3, -0.25) is 0 Å². The smallest absolute Gasteiger partial charge is 0.123 e. The molecule has 0 N–H and O–H groups in total. The first-order valence-corrected chi connectivity index (χ1v) is 4.71. The van der Waals surface area contributed by atoms with Crippen LogP contribution < -0.4 is 0 Å². The van der Waals surface area contributed by atoms with Gasteiger partial charge in [-0.2, -0.15) is 0 Å². The van der Waals surface area contributed by atoms with Crippen LogP contribution in [0.3, 0.4) is 0 Å². The van der Waals surface area contributed by atoms with Gasteiger partial charge in [0, 0.05) is 0 Å². The van der Waals surface area contributed by atoms with Crippen LogP contribution in [0.2, 0.25) is 0 Å². The lowest BCUT2D eigenvalue weighted by molar-refractivity contribution is 0.628. The molecule has 0 fully saturated rings. The second-order valence-electron chi connectivity index (χ2n) is 3.64. The summed E-state index contributed by atoms with van der Waals surface area (Å²) >= 11 is 0. The number of halogens is 1. The quantitative estimate of drug-likeness (QED) is 0.502. The van der Waals surface area contributed by atoms with Crippen molar-refractivity contribution in [3.05, 3.63) is 59.4 Å². The van der Waals surface area contributed by atoms with Gasteiger partial charge < -0.3 is 0 Å². The molecule has 68 valence electrons. The molecular weight excluding hydrogens is 175 g/mol. The lowest BCUT2D eigenvalue weighted by Crippen LogP contribution is -1.80. The Kier molecular flexibility index (Phi) is 1.48. The predicted octanol–water partition coefficient (Wildman–Crippen LogP) is 3.40. The maximum Gasteiger partial charge on any atom is 0.123 e. The summed E-state index contributed by atoms with van der Waals surface area (Å²) in [5, 5.41) is 0. The van der Waals surface area contributed by atoms with Gasteiger partial charge in [-0.1, -0.05) is 30.3 Å². The molecule has 0 heterocycles. The van der Waals surface area contributed by atoms with Crippen LogP contribution >= 0.6 is 0 Å². The average molecular weight is 184 g/mol. The van der Waals surface area contributed by atoms with Crippen molar-refractivity contribution < 1.29 is 4.39 Å². The second-order valence-corrected chi connectivity index (χ2v) is 3.64. The maximum absolute atomic E-state index is 13.1. The molecule has 0 saturated carbocycles. The normalized spacial score (nSPS) is 12.4. The number of hydrogen-bond acceptors (Lipinski definition) is 0. The van der Waals surface area contributed by atoms with E-state index < -0.39 is 0 Å². The fourth-order valence-electron chi connectivity index (χ4n) is 2.10. The molecule has 0 unspecified atom stereocenters. The predicted molar refractivity (Wildman–Crippen MR) is 54.6 cm³/mol. The Morgan fingerprint density at radius 3 is 2.57 bits per heavy atom. The average Bonchev–Trinajstić information content (AvgIpc) is 2.56. The van der Waals surface area contributed by atoms with Crippen LogP contribution in [-0.2, 0) is 6.42 Å². The molecule has 0 aromatic heterocycles. The zero-order valence-corrected chi connectivity index (χ0v) is 7.63. The van der Waals surface area contributed by atoms with Crippen LogP contribution in [-0.4, -0.2) is 0 Å². The van der Waals surface area contributed by atoms with Gasteiger partial charge in [0.05, 0.1) is 0 Å². The standard InChI is InChI=1S/C13H9F/c14-11-6-5-10-7-9-3-1-2-4-12(9)13(10)8-11/h1-6,8H,7H2. The highest BCUT2D eigenvalue weighted by molar-refractivity contribution is 5.76. The lowest BCUT2D eigenvalue weighted by Gasteiger charge is -1.99. The SMILES string of the molecule is Fc1ccc2c(c1)-c1ccccc1C2. The minimum atomic E-state index is -0.152. The van der Waals surface area contributed by atoms with Crippen LogP contribution in [0.25, 0.3) is 11.1 Å². The summed E-state index contributed by atoms with van der Waals surface area (Å²) in [6, 6.07) is 13.2. The van der Waals surface area contributed by atoms with Crippen molar-refractivity contribution in [1.29, 1.82) is 0 Å². The number of rotatable bonds is 0. The van der Waals surface area contributed by atoms with Crippen molar-refractivity contribution in [2.24, 2.45) is 0 Å². The van der Waals surface area contributed by atoms with E-state index in [-0.39, 0.29) is 5.82 Å². The molecule has 0 bridgehead atoms. The summed E-state index contributed by atoms with van der Waals surface area (Å²) in [5.74, 6) is -0.152. The van der Waals surface area contributed by atoms with Gasteiger partial charge >= 0.3 is 0 Å². The molecule has 2 aromatic carbocycles. The van der Waals surface area contributed by atoms with Crippen LogP contribution in [0.5, 0.6) is 0 Å². The highest BCUT2D eigenvalue weighted by atomic mass is 19.1. The van der Waals surface area contributed by atoms with Gasteiger partial charge in [-0.15, -0.1) is 0 Å². The Labute approximate surface area is 82.0 Å². The monoisotopic (exact) mass is 184 g/mol. The first kappa shape index (κ1) is 7.74. The van der Waals surface area contributed by atoms with Crippen LogP contribution in [0.1, 0.15) is 11.1 Å². The van der Waals surface area contributed by atoms with Crippen molar-refractivity contribution in [1.82, 2.24) is 0 Å². The molecule has 0 aliphatic heterocycles. The van der Waals surface area contributed by atoms with Gasteiger partial charge in [0.2, 0.25) is 0 Å². The minimum absolute atomic E-state index is 0.152. The zero-order chi connectivity index (χ0) is 9.54. The molecule has 1 aliphatic rings. The molecule has 0 amide bonds. The van der Waals surface area contributed by atoms with Gasteiger partial charge in [-0.25, -0.2) is 4.39 Å². The van der Waals surface area contributed by atoms with E-state index in [1.807, 2.05) is 18.2 Å². The number of fused-ring (bicyclic) bond motifs is 3. The summed E-state index contributed by atoms with van der Waals surface area (Å²) in [5.41, 5.74) is 4.77. The topological polar surface area (TPSA) is 0 Å². The molecule has 14 heavy (non-hydrogen) atoms. The molecule has 1 aliphatic carbocycles. The Morgan fingerprint density at radius 1 is 0.857 bits per heavy atom. The summed E-state index contributed by atoms with van der Waals surface area (Å²) in [7, 11) is 0. The Bertz CT molecular complexity index is 500. The largest absolute Gasteiger partial charge is 0.207 e. The van der Waals surface area contributed by atoms with E-state index in [1.165, 1.54) is 22.8 Å².